The first-order chi connectivity index (χ1) is 10.0. The maximum atomic E-state index is 13.0. The van der Waals surface area contributed by atoms with E-state index in [-0.39, 0.29) is 11.9 Å². The summed E-state index contributed by atoms with van der Waals surface area (Å²) in [6, 6.07) is 12.9. The molecular formula is C16H15FIN3. The number of nitrogens with zero attached hydrogens (tertiary/aromatic N) is 2. The standard InChI is InChI=1S/C16H15FIN3/c1-10(8-11-2-4-12(17)5-3-11)21-15-7-6-13(18)9-14(15)20-16(21)19/h2-7,9-10H,8H2,1H3,(H2,19,20). The third-order valence-corrected chi connectivity index (χ3v) is 4.23. The van der Waals surface area contributed by atoms with Crippen molar-refractivity contribution in [1.29, 1.82) is 0 Å². The van der Waals surface area contributed by atoms with E-state index in [9.17, 15) is 4.39 Å². The molecule has 1 atom stereocenters. The minimum Gasteiger partial charge on any atom is -0.369 e. The Balaban J connectivity index is 1.95. The molecule has 0 amide bonds. The molecule has 21 heavy (non-hydrogen) atoms. The second-order valence-corrected chi connectivity index (χ2v) is 6.40. The second kappa shape index (κ2) is 5.63. The van der Waals surface area contributed by atoms with Gasteiger partial charge >= 0.3 is 0 Å². The van der Waals surface area contributed by atoms with Gasteiger partial charge in [-0.2, -0.15) is 0 Å². The molecule has 3 rings (SSSR count). The zero-order valence-corrected chi connectivity index (χ0v) is 13.7. The van der Waals surface area contributed by atoms with Crippen molar-refractivity contribution in [3.8, 4) is 0 Å². The number of anilines is 1. The van der Waals surface area contributed by atoms with Crippen molar-refractivity contribution in [2.45, 2.75) is 19.4 Å². The lowest BCUT2D eigenvalue weighted by Crippen LogP contribution is -2.11. The zero-order valence-electron chi connectivity index (χ0n) is 11.6. The third kappa shape index (κ3) is 2.88. The molecule has 0 saturated heterocycles. The van der Waals surface area contributed by atoms with E-state index >= 15 is 0 Å². The monoisotopic (exact) mass is 395 g/mol. The van der Waals surface area contributed by atoms with Gasteiger partial charge in [0.15, 0.2) is 0 Å². The molecule has 0 aliphatic heterocycles. The van der Waals surface area contributed by atoms with Crippen LogP contribution in [0, 0.1) is 9.39 Å². The van der Waals surface area contributed by atoms with Gasteiger partial charge in [0.05, 0.1) is 11.0 Å². The molecule has 0 fully saturated rings. The summed E-state index contributed by atoms with van der Waals surface area (Å²) in [7, 11) is 0. The fourth-order valence-electron chi connectivity index (χ4n) is 2.61. The van der Waals surface area contributed by atoms with Crippen LogP contribution in [-0.2, 0) is 6.42 Å². The van der Waals surface area contributed by atoms with Gasteiger partial charge in [-0.05, 0) is 71.8 Å². The van der Waals surface area contributed by atoms with Gasteiger partial charge in [-0.3, -0.25) is 0 Å². The molecule has 0 bridgehead atoms. The molecule has 2 N–H and O–H groups in total. The van der Waals surface area contributed by atoms with Crippen molar-refractivity contribution in [3.63, 3.8) is 0 Å². The second-order valence-electron chi connectivity index (χ2n) is 5.15. The van der Waals surface area contributed by atoms with Crippen molar-refractivity contribution >= 4 is 39.6 Å². The third-order valence-electron chi connectivity index (χ3n) is 3.56. The number of aromatic nitrogens is 2. The van der Waals surface area contributed by atoms with Gasteiger partial charge in [0.25, 0.3) is 0 Å². The van der Waals surface area contributed by atoms with Crippen LogP contribution in [0.5, 0.6) is 0 Å². The van der Waals surface area contributed by atoms with Gasteiger partial charge < -0.3 is 10.3 Å². The number of hydrogen-bond acceptors (Lipinski definition) is 2. The average molecular weight is 395 g/mol. The number of hydrogen-bond donors (Lipinski definition) is 1. The van der Waals surface area contributed by atoms with Gasteiger partial charge in [0.1, 0.15) is 5.82 Å². The van der Waals surface area contributed by atoms with Crippen molar-refractivity contribution < 1.29 is 4.39 Å². The van der Waals surface area contributed by atoms with E-state index in [4.69, 9.17) is 5.73 Å². The van der Waals surface area contributed by atoms with Crippen LogP contribution in [0.2, 0.25) is 0 Å². The molecule has 3 aromatic rings. The summed E-state index contributed by atoms with van der Waals surface area (Å²) >= 11 is 2.26. The molecule has 1 aromatic heterocycles. The summed E-state index contributed by atoms with van der Waals surface area (Å²) in [6.45, 7) is 2.10. The fraction of sp³-hybridized carbons (Fsp3) is 0.188. The zero-order chi connectivity index (χ0) is 15.0. The molecule has 1 unspecified atom stereocenters. The Kier molecular flexibility index (Phi) is 3.84. The molecule has 5 heteroatoms. The summed E-state index contributed by atoms with van der Waals surface area (Å²) in [5, 5.41) is 0. The minimum absolute atomic E-state index is 0.153. The fourth-order valence-corrected chi connectivity index (χ4v) is 3.08. The molecule has 3 nitrogen and oxygen atoms in total. The molecule has 108 valence electrons. The Morgan fingerprint density at radius 2 is 1.95 bits per heavy atom. The first kappa shape index (κ1) is 14.3. The number of imidazole rings is 1. The molecular weight excluding hydrogens is 380 g/mol. The lowest BCUT2D eigenvalue weighted by atomic mass is 10.1. The van der Waals surface area contributed by atoms with E-state index in [2.05, 4.69) is 34.5 Å². The Morgan fingerprint density at radius 3 is 2.67 bits per heavy atom. The van der Waals surface area contributed by atoms with Gasteiger partial charge in [0.2, 0.25) is 5.95 Å². The Morgan fingerprint density at radius 1 is 1.24 bits per heavy atom. The minimum atomic E-state index is -0.214. The topological polar surface area (TPSA) is 43.8 Å². The molecule has 0 saturated carbocycles. The number of nitrogens with two attached hydrogens (primary N) is 1. The van der Waals surface area contributed by atoms with Crippen LogP contribution in [0.3, 0.4) is 0 Å². The highest BCUT2D eigenvalue weighted by atomic mass is 127. The summed E-state index contributed by atoms with van der Waals surface area (Å²) in [5.74, 6) is 0.301. The maximum absolute atomic E-state index is 13.0. The van der Waals surface area contributed by atoms with Crippen LogP contribution in [0.25, 0.3) is 11.0 Å². The number of fused-ring (bicyclic) bond motifs is 1. The Hall–Kier alpha value is -1.63. The first-order valence-corrected chi connectivity index (χ1v) is 7.80. The van der Waals surface area contributed by atoms with E-state index in [0.29, 0.717) is 5.95 Å². The lowest BCUT2D eigenvalue weighted by Gasteiger charge is -2.16. The SMILES string of the molecule is CC(Cc1ccc(F)cc1)n1c(N)nc2cc(I)ccc21. The van der Waals surface area contributed by atoms with E-state index in [0.717, 1.165) is 26.6 Å². The normalized spacial score (nSPS) is 12.7. The number of benzene rings is 2. The highest BCUT2D eigenvalue weighted by Crippen LogP contribution is 2.26. The summed E-state index contributed by atoms with van der Waals surface area (Å²) < 4.78 is 16.1. The van der Waals surface area contributed by atoms with Crippen LogP contribution in [0.15, 0.2) is 42.5 Å². The van der Waals surface area contributed by atoms with E-state index in [1.807, 2.05) is 34.9 Å². The molecule has 0 spiro atoms. The van der Waals surface area contributed by atoms with Crippen LogP contribution in [-0.4, -0.2) is 9.55 Å². The summed E-state index contributed by atoms with van der Waals surface area (Å²) in [4.78, 5) is 4.43. The van der Waals surface area contributed by atoms with Gasteiger partial charge in [-0.25, -0.2) is 9.37 Å². The predicted octanol–water partition coefficient (Wildman–Crippen LogP) is 4.17. The predicted molar refractivity (Wildman–Crippen MR) is 91.7 cm³/mol. The molecule has 1 heterocycles. The maximum Gasteiger partial charge on any atom is 0.201 e. The smallest absolute Gasteiger partial charge is 0.201 e. The van der Waals surface area contributed by atoms with Crippen molar-refractivity contribution in [3.05, 3.63) is 57.4 Å². The van der Waals surface area contributed by atoms with Gasteiger partial charge in [-0.15, -0.1) is 0 Å². The highest BCUT2D eigenvalue weighted by molar-refractivity contribution is 14.1. The van der Waals surface area contributed by atoms with Gasteiger partial charge in [0, 0.05) is 9.61 Å². The number of rotatable bonds is 3. The largest absolute Gasteiger partial charge is 0.369 e. The molecule has 2 aromatic carbocycles. The van der Waals surface area contributed by atoms with Crippen LogP contribution in [0.1, 0.15) is 18.5 Å². The Bertz CT molecular complexity index is 780. The van der Waals surface area contributed by atoms with E-state index in [1.54, 1.807) is 0 Å². The average Bonchev–Trinajstić information content (AvgIpc) is 2.76. The summed E-state index contributed by atoms with van der Waals surface area (Å²) in [6.07, 6.45) is 0.780. The van der Waals surface area contributed by atoms with E-state index < -0.39 is 0 Å². The highest BCUT2D eigenvalue weighted by Gasteiger charge is 2.14. The van der Waals surface area contributed by atoms with Crippen molar-refractivity contribution in [1.82, 2.24) is 9.55 Å². The van der Waals surface area contributed by atoms with Crippen molar-refractivity contribution in [2.24, 2.45) is 0 Å². The van der Waals surface area contributed by atoms with Crippen LogP contribution >= 0.6 is 22.6 Å². The number of nitrogen functional groups attached to an aromatic ring is 1. The van der Waals surface area contributed by atoms with Crippen LogP contribution in [0.4, 0.5) is 10.3 Å². The van der Waals surface area contributed by atoms with Gasteiger partial charge in [-0.1, -0.05) is 12.1 Å². The van der Waals surface area contributed by atoms with Crippen molar-refractivity contribution in [2.75, 3.05) is 5.73 Å². The molecule has 0 aliphatic carbocycles. The van der Waals surface area contributed by atoms with Crippen LogP contribution < -0.4 is 5.73 Å². The van der Waals surface area contributed by atoms with E-state index in [1.165, 1.54) is 12.1 Å². The first-order valence-electron chi connectivity index (χ1n) is 6.72. The molecule has 0 radical (unpaired) electrons. The lowest BCUT2D eigenvalue weighted by molar-refractivity contribution is 0.565. The Labute approximate surface area is 136 Å². The number of halogens is 2. The summed E-state index contributed by atoms with van der Waals surface area (Å²) in [5.41, 5.74) is 9.09. The quantitative estimate of drug-likeness (QED) is 0.677. The molecule has 0 aliphatic rings.